The van der Waals surface area contributed by atoms with Crippen LogP contribution in [0.4, 0.5) is 10.1 Å². The van der Waals surface area contributed by atoms with Gasteiger partial charge in [-0.25, -0.2) is 4.39 Å². The molecule has 0 saturated heterocycles. The number of nitrogens with zero attached hydrogens (tertiary/aromatic N) is 1. The first-order valence-electron chi connectivity index (χ1n) is 4.52. The van der Waals surface area contributed by atoms with Crippen LogP contribution in [0, 0.1) is 5.82 Å². The van der Waals surface area contributed by atoms with E-state index in [1.165, 1.54) is 12.1 Å². The van der Waals surface area contributed by atoms with Gasteiger partial charge >= 0.3 is 0 Å². The van der Waals surface area contributed by atoms with Gasteiger partial charge in [-0.05, 0) is 36.1 Å². The van der Waals surface area contributed by atoms with Gasteiger partial charge in [0.1, 0.15) is 18.2 Å². The third-order valence-corrected chi connectivity index (χ3v) is 2.46. The average Bonchev–Trinajstić information content (AvgIpc) is 2.13. The summed E-state index contributed by atoms with van der Waals surface area (Å²) < 4.78 is 18.9. The molecule has 5 heteroatoms. The van der Waals surface area contributed by atoms with Gasteiger partial charge in [0.25, 0.3) is 0 Å². The standard InChI is InChI=1S/C10H14BrFN2O/c1-14(2)3-4-15-10-6-8(12)7(11)5-9(10)13/h5-6H,3-4,13H2,1-2H3. The van der Waals surface area contributed by atoms with Crippen molar-refractivity contribution in [2.75, 3.05) is 33.0 Å². The van der Waals surface area contributed by atoms with Crippen LogP contribution in [-0.4, -0.2) is 32.1 Å². The Labute approximate surface area is 97.1 Å². The maximum Gasteiger partial charge on any atom is 0.145 e. The predicted octanol–water partition coefficient (Wildman–Crippen LogP) is 2.11. The first kappa shape index (κ1) is 12.3. The van der Waals surface area contributed by atoms with Crippen LogP contribution < -0.4 is 10.5 Å². The van der Waals surface area contributed by atoms with E-state index in [0.29, 0.717) is 22.5 Å². The molecule has 0 spiro atoms. The first-order valence-corrected chi connectivity index (χ1v) is 5.32. The summed E-state index contributed by atoms with van der Waals surface area (Å²) in [6.45, 7) is 1.25. The van der Waals surface area contributed by atoms with Crippen LogP contribution in [-0.2, 0) is 0 Å². The maximum atomic E-state index is 13.2. The Morgan fingerprint density at radius 2 is 2.13 bits per heavy atom. The van der Waals surface area contributed by atoms with Gasteiger partial charge in [-0.1, -0.05) is 0 Å². The van der Waals surface area contributed by atoms with E-state index < -0.39 is 0 Å². The number of halogens is 2. The van der Waals surface area contributed by atoms with Crippen molar-refractivity contribution in [3.63, 3.8) is 0 Å². The van der Waals surface area contributed by atoms with Gasteiger partial charge in [0.05, 0.1) is 10.2 Å². The molecular formula is C10H14BrFN2O. The molecule has 0 heterocycles. The minimum absolute atomic E-state index is 0.347. The van der Waals surface area contributed by atoms with Crippen LogP contribution in [0.2, 0.25) is 0 Å². The summed E-state index contributed by atoms with van der Waals surface area (Å²) in [4.78, 5) is 1.98. The highest BCUT2D eigenvalue weighted by Gasteiger charge is 2.06. The number of hydrogen-bond acceptors (Lipinski definition) is 3. The Bertz CT molecular complexity index is 344. The van der Waals surface area contributed by atoms with E-state index >= 15 is 0 Å². The van der Waals surface area contributed by atoms with Gasteiger partial charge in [0.15, 0.2) is 0 Å². The second-order valence-electron chi connectivity index (χ2n) is 3.46. The lowest BCUT2D eigenvalue weighted by Crippen LogP contribution is -2.19. The van der Waals surface area contributed by atoms with Crippen molar-refractivity contribution in [2.45, 2.75) is 0 Å². The average molecular weight is 277 g/mol. The molecule has 0 aliphatic rings. The topological polar surface area (TPSA) is 38.5 Å². The highest BCUT2D eigenvalue weighted by Crippen LogP contribution is 2.28. The molecule has 1 aromatic rings. The Kier molecular flexibility index (Phi) is 4.35. The number of anilines is 1. The summed E-state index contributed by atoms with van der Waals surface area (Å²) in [5.41, 5.74) is 6.10. The second-order valence-corrected chi connectivity index (χ2v) is 4.31. The number of hydrogen-bond donors (Lipinski definition) is 1. The number of likely N-dealkylation sites (N-methyl/N-ethyl adjacent to an activating group) is 1. The molecule has 0 aromatic heterocycles. The third-order valence-electron chi connectivity index (χ3n) is 1.85. The van der Waals surface area contributed by atoms with E-state index in [0.717, 1.165) is 6.54 Å². The molecule has 0 fully saturated rings. The van der Waals surface area contributed by atoms with Gasteiger partial charge in [-0.3, -0.25) is 0 Å². The van der Waals surface area contributed by atoms with E-state index in [-0.39, 0.29) is 5.82 Å². The fraction of sp³-hybridized carbons (Fsp3) is 0.400. The quantitative estimate of drug-likeness (QED) is 0.857. The second kappa shape index (κ2) is 5.32. The Morgan fingerprint density at radius 1 is 1.47 bits per heavy atom. The summed E-state index contributed by atoms with van der Waals surface area (Å²) in [5, 5.41) is 0. The summed E-state index contributed by atoms with van der Waals surface area (Å²) in [6.07, 6.45) is 0. The zero-order valence-electron chi connectivity index (χ0n) is 8.76. The monoisotopic (exact) mass is 276 g/mol. The van der Waals surface area contributed by atoms with Crippen molar-refractivity contribution < 1.29 is 9.13 Å². The van der Waals surface area contributed by atoms with Gasteiger partial charge in [0, 0.05) is 12.6 Å². The number of nitrogen functional groups attached to an aromatic ring is 1. The summed E-state index contributed by atoms with van der Waals surface area (Å²) >= 11 is 3.05. The molecule has 0 saturated carbocycles. The number of nitrogens with two attached hydrogens (primary N) is 1. The van der Waals surface area contributed by atoms with Gasteiger partial charge < -0.3 is 15.4 Å². The van der Waals surface area contributed by atoms with Crippen LogP contribution in [0.15, 0.2) is 16.6 Å². The van der Waals surface area contributed by atoms with Crippen molar-refractivity contribution >= 4 is 21.6 Å². The first-order chi connectivity index (χ1) is 7.00. The molecule has 0 atom stereocenters. The molecule has 2 N–H and O–H groups in total. The molecule has 0 bridgehead atoms. The summed E-state index contributed by atoms with van der Waals surface area (Å²) in [7, 11) is 3.88. The predicted molar refractivity (Wildman–Crippen MR) is 62.6 cm³/mol. The smallest absolute Gasteiger partial charge is 0.145 e. The lowest BCUT2D eigenvalue weighted by molar-refractivity contribution is 0.261. The Morgan fingerprint density at radius 3 is 2.73 bits per heavy atom. The lowest BCUT2D eigenvalue weighted by Gasteiger charge is -2.12. The molecule has 0 aliphatic carbocycles. The van der Waals surface area contributed by atoms with Gasteiger partial charge in [-0.2, -0.15) is 0 Å². The van der Waals surface area contributed by atoms with Crippen LogP contribution >= 0.6 is 15.9 Å². The molecular weight excluding hydrogens is 263 g/mol. The SMILES string of the molecule is CN(C)CCOc1cc(F)c(Br)cc1N. The van der Waals surface area contributed by atoms with E-state index in [9.17, 15) is 4.39 Å². The van der Waals surface area contributed by atoms with Crippen molar-refractivity contribution in [3.05, 3.63) is 22.4 Å². The molecule has 1 rings (SSSR count). The van der Waals surface area contributed by atoms with Crippen molar-refractivity contribution in [2.24, 2.45) is 0 Å². The Balaban J connectivity index is 2.65. The zero-order valence-corrected chi connectivity index (χ0v) is 10.3. The number of rotatable bonds is 4. The summed E-state index contributed by atoms with van der Waals surface area (Å²) in [5.74, 6) is 0.0154. The number of benzene rings is 1. The molecule has 3 nitrogen and oxygen atoms in total. The van der Waals surface area contributed by atoms with E-state index in [1.54, 1.807) is 0 Å². The molecule has 15 heavy (non-hydrogen) atoms. The van der Waals surface area contributed by atoms with Crippen LogP contribution in [0.5, 0.6) is 5.75 Å². The van der Waals surface area contributed by atoms with Crippen LogP contribution in [0.25, 0.3) is 0 Å². The highest BCUT2D eigenvalue weighted by molar-refractivity contribution is 9.10. The molecule has 1 aromatic carbocycles. The van der Waals surface area contributed by atoms with Crippen LogP contribution in [0.3, 0.4) is 0 Å². The van der Waals surface area contributed by atoms with Crippen molar-refractivity contribution in [1.82, 2.24) is 4.90 Å². The fourth-order valence-electron chi connectivity index (χ4n) is 1.01. The molecule has 84 valence electrons. The third kappa shape index (κ3) is 3.68. The van der Waals surface area contributed by atoms with Crippen molar-refractivity contribution in [3.8, 4) is 5.75 Å². The van der Waals surface area contributed by atoms with Crippen LogP contribution in [0.1, 0.15) is 0 Å². The van der Waals surface area contributed by atoms with Gasteiger partial charge in [0.2, 0.25) is 0 Å². The fourth-order valence-corrected chi connectivity index (χ4v) is 1.37. The summed E-state index contributed by atoms with van der Waals surface area (Å²) in [6, 6.07) is 2.79. The molecule has 0 aliphatic heterocycles. The Hall–Kier alpha value is -0.810. The van der Waals surface area contributed by atoms with E-state index in [1.807, 2.05) is 19.0 Å². The minimum atomic E-state index is -0.371. The van der Waals surface area contributed by atoms with Crippen molar-refractivity contribution in [1.29, 1.82) is 0 Å². The highest BCUT2D eigenvalue weighted by atomic mass is 79.9. The lowest BCUT2D eigenvalue weighted by atomic mass is 10.3. The molecule has 0 amide bonds. The largest absolute Gasteiger partial charge is 0.490 e. The number of ether oxygens (including phenoxy) is 1. The normalized spacial score (nSPS) is 10.7. The maximum absolute atomic E-state index is 13.2. The van der Waals surface area contributed by atoms with E-state index in [2.05, 4.69) is 15.9 Å². The molecule has 0 unspecified atom stereocenters. The van der Waals surface area contributed by atoms with E-state index in [4.69, 9.17) is 10.5 Å². The molecule has 0 radical (unpaired) electrons. The zero-order chi connectivity index (χ0) is 11.4. The van der Waals surface area contributed by atoms with Gasteiger partial charge in [-0.15, -0.1) is 0 Å². The minimum Gasteiger partial charge on any atom is -0.490 e.